The number of nitrogens with zero attached hydrogens (tertiary/aromatic N) is 2. The molecule has 3 rings (SSSR count). The lowest BCUT2D eigenvalue weighted by molar-refractivity contribution is 0.403. The van der Waals surface area contributed by atoms with E-state index in [1.165, 1.54) is 24.6 Å². The maximum Gasteiger partial charge on any atom is 0.166 e. The Labute approximate surface area is 156 Å². The summed E-state index contributed by atoms with van der Waals surface area (Å²) in [6, 6.07) is 16.7. The fraction of sp³-hybridized carbons (Fsp3) is 0.0476. The summed E-state index contributed by atoms with van der Waals surface area (Å²) in [4.78, 5) is 8.68. The molecular formula is C21H18N2O4. The van der Waals surface area contributed by atoms with E-state index in [2.05, 4.69) is 9.98 Å². The SMILES string of the molecule is Oc1cccc(C=NCc2ccccc2N=Cc2cccc(O)c2O)c1O. The van der Waals surface area contributed by atoms with Crippen molar-refractivity contribution in [3.05, 3.63) is 77.4 Å². The Balaban J connectivity index is 1.80. The Hall–Kier alpha value is -3.80. The first kappa shape index (κ1) is 18.0. The number of aromatic hydroxyl groups is 4. The molecule has 0 aliphatic carbocycles. The van der Waals surface area contributed by atoms with Crippen LogP contribution in [0.4, 0.5) is 5.69 Å². The summed E-state index contributed by atoms with van der Waals surface area (Å²) in [6.07, 6.45) is 2.95. The number of para-hydroxylation sites is 3. The van der Waals surface area contributed by atoms with Crippen LogP contribution >= 0.6 is 0 Å². The lowest BCUT2D eigenvalue weighted by Gasteiger charge is -2.04. The highest BCUT2D eigenvalue weighted by molar-refractivity contribution is 5.87. The third-order valence-corrected chi connectivity index (χ3v) is 3.92. The van der Waals surface area contributed by atoms with E-state index in [4.69, 9.17) is 0 Å². The van der Waals surface area contributed by atoms with Crippen molar-refractivity contribution in [2.75, 3.05) is 0 Å². The summed E-state index contributed by atoms with van der Waals surface area (Å²) in [5.41, 5.74) is 2.32. The van der Waals surface area contributed by atoms with Crippen LogP contribution in [0.1, 0.15) is 16.7 Å². The van der Waals surface area contributed by atoms with Crippen molar-refractivity contribution in [1.82, 2.24) is 0 Å². The average Bonchev–Trinajstić information content (AvgIpc) is 2.67. The summed E-state index contributed by atoms with van der Waals surface area (Å²) in [7, 11) is 0. The molecule has 0 atom stereocenters. The van der Waals surface area contributed by atoms with Gasteiger partial charge in [0.1, 0.15) is 0 Å². The standard InChI is InChI=1S/C21H18N2O4/c24-18-9-3-6-15(20(18)26)12-22-11-14-5-1-2-8-17(14)23-13-16-7-4-10-19(25)21(16)27/h1-10,12-13,24-27H,11H2. The summed E-state index contributed by atoms with van der Waals surface area (Å²) >= 11 is 0. The van der Waals surface area contributed by atoms with Crippen LogP contribution in [0.25, 0.3) is 0 Å². The Bertz CT molecular complexity index is 1010. The Morgan fingerprint density at radius 3 is 1.93 bits per heavy atom. The summed E-state index contributed by atoms with van der Waals surface area (Å²) in [5.74, 6) is -0.847. The van der Waals surface area contributed by atoms with Crippen LogP contribution in [-0.2, 0) is 6.54 Å². The molecule has 3 aromatic carbocycles. The second-order valence-electron chi connectivity index (χ2n) is 5.79. The fourth-order valence-electron chi connectivity index (χ4n) is 2.46. The fourth-order valence-corrected chi connectivity index (χ4v) is 2.46. The van der Waals surface area contributed by atoms with Gasteiger partial charge in [0.25, 0.3) is 0 Å². The first-order valence-electron chi connectivity index (χ1n) is 8.20. The van der Waals surface area contributed by atoms with Gasteiger partial charge in [0.15, 0.2) is 23.0 Å². The van der Waals surface area contributed by atoms with E-state index in [1.807, 2.05) is 24.3 Å². The van der Waals surface area contributed by atoms with Gasteiger partial charge in [-0.25, -0.2) is 0 Å². The van der Waals surface area contributed by atoms with Gasteiger partial charge in [-0.3, -0.25) is 9.98 Å². The summed E-state index contributed by atoms with van der Waals surface area (Å²) < 4.78 is 0. The lowest BCUT2D eigenvalue weighted by Crippen LogP contribution is -1.88. The van der Waals surface area contributed by atoms with Gasteiger partial charge >= 0.3 is 0 Å². The van der Waals surface area contributed by atoms with Crippen LogP contribution in [0.5, 0.6) is 23.0 Å². The van der Waals surface area contributed by atoms with Gasteiger partial charge in [0.2, 0.25) is 0 Å². The zero-order chi connectivity index (χ0) is 19.2. The van der Waals surface area contributed by atoms with Gasteiger partial charge < -0.3 is 20.4 Å². The van der Waals surface area contributed by atoms with Crippen molar-refractivity contribution in [3.8, 4) is 23.0 Å². The van der Waals surface area contributed by atoms with E-state index < -0.39 is 0 Å². The van der Waals surface area contributed by atoms with Crippen molar-refractivity contribution >= 4 is 18.1 Å². The van der Waals surface area contributed by atoms with E-state index in [1.54, 1.807) is 24.3 Å². The van der Waals surface area contributed by atoms with Crippen LogP contribution in [0, 0.1) is 0 Å². The van der Waals surface area contributed by atoms with Crippen LogP contribution in [0.15, 0.2) is 70.6 Å². The minimum absolute atomic E-state index is 0.199. The molecule has 6 heteroatoms. The molecule has 0 heterocycles. The van der Waals surface area contributed by atoms with Gasteiger partial charge in [0, 0.05) is 23.6 Å². The smallest absolute Gasteiger partial charge is 0.166 e. The van der Waals surface area contributed by atoms with Crippen molar-refractivity contribution in [2.24, 2.45) is 9.98 Å². The number of aliphatic imine (C=N–C) groups is 2. The van der Waals surface area contributed by atoms with E-state index in [0.717, 1.165) is 5.56 Å². The second kappa shape index (κ2) is 8.05. The molecule has 0 spiro atoms. The van der Waals surface area contributed by atoms with Gasteiger partial charge in [-0.15, -0.1) is 0 Å². The topological polar surface area (TPSA) is 106 Å². The second-order valence-corrected chi connectivity index (χ2v) is 5.79. The summed E-state index contributed by atoms with van der Waals surface area (Å²) in [6.45, 7) is 0.314. The highest BCUT2D eigenvalue weighted by Gasteiger charge is 2.05. The molecule has 0 aromatic heterocycles. The molecule has 0 radical (unpaired) electrons. The monoisotopic (exact) mass is 362 g/mol. The Morgan fingerprint density at radius 2 is 1.26 bits per heavy atom. The average molecular weight is 362 g/mol. The molecular weight excluding hydrogens is 344 g/mol. The quantitative estimate of drug-likeness (QED) is 0.408. The molecule has 0 amide bonds. The minimum atomic E-state index is -0.226. The highest BCUT2D eigenvalue weighted by atomic mass is 16.3. The normalized spacial score (nSPS) is 11.4. The number of benzene rings is 3. The van der Waals surface area contributed by atoms with Gasteiger partial charge in [0.05, 0.1) is 12.2 Å². The number of hydrogen-bond donors (Lipinski definition) is 4. The molecule has 136 valence electrons. The largest absolute Gasteiger partial charge is 0.504 e. The van der Waals surface area contributed by atoms with Crippen molar-refractivity contribution in [3.63, 3.8) is 0 Å². The summed E-state index contributed by atoms with van der Waals surface area (Å²) in [5, 5.41) is 38.7. The lowest BCUT2D eigenvalue weighted by atomic mass is 10.1. The molecule has 0 bridgehead atoms. The zero-order valence-electron chi connectivity index (χ0n) is 14.3. The zero-order valence-corrected chi connectivity index (χ0v) is 14.3. The molecule has 27 heavy (non-hydrogen) atoms. The maximum absolute atomic E-state index is 9.85. The molecule has 0 aliphatic rings. The molecule has 0 saturated carbocycles. The van der Waals surface area contributed by atoms with Crippen molar-refractivity contribution < 1.29 is 20.4 Å². The Morgan fingerprint density at radius 1 is 0.667 bits per heavy atom. The predicted octanol–water partition coefficient (Wildman–Crippen LogP) is 3.88. The predicted molar refractivity (Wildman–Crippen MR) is 105 cm³/mol. The maximum atomic E-state index is 9.85. The minimum Gasteiger partial charge on any atom is -0.504 e. The molecule has 4 N–H and O–H groups in total. The van der Waals surface area contributed by atoms with Crippen LogP contribution in [-0.4, -0.2) is 32.9 Å². The van der Waals surface area contributed by atoms with Crippen molar-refractivity contribution in [2.45, 2.75) is 6.54 Å². The third-order valence-electron chi connectivity index (χ3n) is 3.92. The number of hydrogen-bond acceptors (Lipinski definition) is 6. The number of phenols is 4. The van der Waals surface area contributed by atoms with E-state index in [-0.39, 0.29) is 23.0 Å². The van der Waals surface area contributed by atoms with Crippen LogP contribution < -0.4 is 0 Å². The molecule has 6 nitrogen and oxygen atoms in total. The molecule has 3 aromatic rings. The van der Waals surface area contributed by atoms with Crippen LogP contribution in [0.2, 0.25) is 0 Å². The number of phenolic OH excluding ortho intramolecular Hbond substituents is 4. The van der Waals surface area contributed by atoms with E-state index in [0.29, 0.717) is 23.4 Å². The van der Waals surface area contributed by atoms with Gasteiger partial charge in [-0.05, 0) is 35.9 Å². The molecule has 0 fully saturated rings. The highest BCUT2D eigenvalue weighted by Crippen LogP contribution is 2.28. The first-order valence-corrected chi connectivity index (χ1v) is 8.20. The van der Waals surface area contributed by atoms with Crippen LogP contribution in [0.3, 0.4) is 0 Å². The van der Waals surface area contributed by atoms with Gasteiger partial charge in [-0.2, -0.15) is 0 Å². The van der Waals surface area contributed by atoms with E-state index in [9.17, 15) is 20.4 Å². The Kier molecular flexibility index (Phi) is 5.37. The molecule has 0 aliphatic heterocycles. The number of rotatable bonds is 5. The van der Waals surface area contributed by atoms with Crippen molar-refractivity contribution in [1.29, 1.82) is 0 Å². The van der Waals surface area contributed by atoms with E-state index >= 15 is 0 Å². The first-order chi connectivity index (χ1) is 13.1. The molecule has 0 unspecified atom stereocenters. The molecule has 0 saturated heterocycles. The third kappa shape index (κ3) is 4.24. The van der Waals surface area contributed by atoms with Gasteiger partial charge in [-0.1, -0.05) is 30.3 Å².